The van der Waals surface area contributed by atoms with E-state index < -0.39 is 29.4 Å². The van der Waals surface area contributed by atoms with Crippen molar-refractivity contribution in [2.45, 2.75) is 38.1 Å². The minimum absolute atomic E-state index is 0.260. The first-order chi connectivity index (χ1) is 18.3. The van der Waals surface area contributed by atoms with Crippen LogP contribution in [0.3, 0.4) is 0 Å². The monoisotopic (exact) mass is 594 g/mol. The number of pyridine rings is 1. The summed E-state index contributed by atoms with van der Waals surface area (Å²) in [4.78, 5) is 17.8. The molecule has 12 heteroatoms. The Hall–Kier alpha value is -3.27. The molecule has 6 nitrogen and oxygen atoms in total. The van der Waals surface area contributed by atoms with E-state index in [1.165, 1.54) is 0 Å². The minimum atomic E-state index is -4.68. The highest BCUT2D eigenvalue weighted by molar-refractivity contribution is 6.36. The fourth-order valence-corrected chi connectivity index (χ4v) is 5.06. The van der Waals surface area contributed by atoms with E-state index in [4.69, 9.17) is 44.5 Å². The normalized spacial score (nSPS) is 16.4. The summed E-state index contributed by atoms with van der Waals surface area (Å²) in [7, 11) is 0. The second kappa shape index (κ2) is 10.0. The van der Waals surface area contributed by atoms with Crippen LogP contribution in [0.5, 0.6) is 5.88 Å². The Morgan fingerprint density at radius 2 is 1.72 bits per heavy atom. The first-order valence-corrected chi connectivity index (χ1v) is 12.8. The zero-order valence-electron chi connectivity index (χ0n) is 20.5. The van der Waals surface area contributed by atoms with Crippen molar-refractivity contribution < 1.29 is 22.7 Å². The molecule has 0 fully saturated rings. The highest BCUT2D eigenvalue weighted by Gasteiger charge is 2.38. The summed E-state index contributed by atoms with van der Waals surface area (Å²) < 4.78 is 45.3. The van der Waals surface area contributed by atoms with Crippen LogP contribution in [0.2, 0.25) is 15.1 Å². The molecular weight excluding hydrogens is 576 g/mol. The molecule has 0 saturated heterocycles. The van der Waals surface area contributed by atoms with Gasteiger partial charge in [-0.15, -0.1) is 0 Å². The van der Waals surface area contributed by atoms with Crippen molar-refractivity contribution in [2.24, 2.45) is 0 Å². The number of H-pyrrole nitrogens is 1. The molecule has 3 heterocycles. The average molecular weight is 596 g/mol. The number of nitrogens with one attached hydrogen (secondary N) is 2. The maximum Gasteiger partial charge on any atom is 0.435 e. The number of aromatic amines is 1. The van der Waals surface area contributed by atoms with Gasteiger partial charge in [-0.2, -0.15) is 18.3 Å². The van der Waals surface area contributed by atoms with Gasteiger partial charge in [0, 0.05) is 39.2 Å². The lowest BCUT2D eigenvalue weighted by atomic mass is 9.88. The Labute approximate surface area is 236 Å². The standard InChI is InChI=1S/C27H20Cl3F3N4O2/c1-26(2)12-21(34-24(38)20-11-22(37-36-20)27(31,32)33)18-10-17(13-3-5-14(28)6-4-13)23(35-25(18)39-26)16-8-7-15(29)9-19(16)30/h3-11,21H,12H2,1-2H3,(H,34,38)(H,36,37)/t21-/m1/s1. The maximum absolute atomic E-state index is 13.0. The Morgan fingerprint density at radius 3 is 2.36 bits per heavy atom. The maximum atomic E-state index is 13.0. The van der Waals surface area contributed by atoms with E-state index in [9.17, 15) is 18.0 Å². The lowest BCUT2D eigenvalue weighted by molar-refractivity contribution is -0.141. The van der Waals surface area contributed by atoms with E-state index >= 15 is 0 Å². The minimum Gasteiger partial charge on any atom is -0.471 e. The number of nitrogens with zero attached hydrogens (tertiary/aromatic N) is 2. The molecule has 0 saturated carbocycles. The van der Waals surface area contributed by atoms with Crippen LogP contribution >= 0.6 is 34.8 Å². The van der Waals surface area contributed by atoms with Gasteiger partial charge < -0.3 is 10.1 Å². The number of alkyl halides is 3. The fourth-order valence-electron chi connectivity index (χ4n) is 4.43. The Kier molecular flexibility index (Phi) is 7.03. The molecule has 1 aliphatic rings. The van der Waals surface area contributed by atoms with Crippen LogP contribution in [0.4, 0.5) is 13.2 Å². The summed E-state index contributed by atoms with van der Waals surface area (Å²) in [5, 5.41) is 9.58. The van der Waals surface area contributed by atoms with Crippen LogP contribution in [0, 0.1) is 0 Å². The highest BCUT2D eigenvalue weighted by atomic mass is 35.5. The third-order valence-corrected chi connectivity index (χ3v) is 7.02. The van der Waals surface area contributed by atoms with Crippen molar-refractivity contribution in [3.8, 4) is 28.3 Å². The molecular formula is C27H20Cl3F3N4O2. The number of halogens is 6. The summed E-state index contributed by atoms with van der Waals surface area (Å²) in [6.45, 7) is 3.66. The lowest BCUT2D eigenvalue weighted by Gasteiger charge is -2.37. The van der Waals surface area contributed by atoms with Crippen LogP contribution in [0.25, 0.3) is 22.4 Å². The summed E-state index contributed by atoms with van der Waals surface area (Å²) >= 11 is 18.8. The van der Waals surface area contributed by atoms with Crippen LogP contribution in [-0.2, 0) is 6.18 Å². The predicted octanol–water partition coefficient (Wildman–Crippen LogP) is 8.15. The van der Waals surface area contributed by atoms with Gasteiger partial charge >= 0.3 is 6.18 Å². The van der Waals surface area contributed by atoms with Gasteiger partial charge in [0.25, 0.3) is 5.91 Å². The molecule has 39 heavy (non-hydrogen) atoms. The van der Waals surface area contributed by atoms with Gasteiger partial charge in [0.2, 0.25) is 5.88 Å². The first kappa shape index (κ1) is 27.3. The van der Waals surface area contributed by atoms with Gasteiger partial charge in [-0.05, 0) is 55.8 Å². The number of rotatable bonds is 4. The van der Waals surface area contributed by atoms with Gasteiger partial charge in [-0.3, -0.25) is 9.89 Å². The van der Waals surface area contributed by atoms with Crippen molar-refractivity contribution in [3.05, 3.63) is 86.6 Å². The van der Waals surface area contributed by atoms with Crippen molar-refractivity contribution in [2.75, 3.05) is 0 Å². The number of carbonyl (C=O) groups excluding carboxylic acids is 1. The van der Waals surface area contributed by atoms with Gasteiger partial charge in [0.05, 0.1) is 16.8 Å². The molecule has 1 aliphatic heterocycles. The summed E-state index contributed by atoms with van der Waals surface area (Å²) in [6, 6.07) is 14.0. The van der Waals surface area contributed by atoms with E-state index in [1.54, 1.807) is 30.3 Å². The molecule has 0 bridgehead atoms. The number of amides is 1. The molecule has 1 amide bonds. The molecule has 2 N–H and O–H groups in total. The molecule has 1 atom stereocenters. The molecule has 202 valence electrons. The summed E-state index contributed by atoms with van der Waals surface area (Å²) in [5.41, 5.74) is 0.873. The van der Waals surface area contributed by atoms with E-state index in [2.05, 4.69) is 15.5 Å². The third-order valence-electron chi connectivity index (χ3n) is 6.22. The molecule has 4 aromatic rings. The SMILES string of the molecule is CC1(C)C[C@@H](NC(=O)c2cc(C(F)(F)F)n[nH]2)c2cc(-c3ccc(Cl)cc3)c(-c3ccc(Cl)cc3Cl)nc2O1. The molecule has 0 spiro atoms. The summed E-state index contributed by atoms with van der Waals surface area (Å²) in [6.07, 6.45) is -4.35. The van der Waals surface area contributed by atoms with Crippen molar-refractivity contribution in [1.29, 1.82) is 0 Å². The number of carbonyl (C=O) groups is 1. The number of hydrogen-bond donors (Lipinski definition) is 2. The number of benzene rings is 2. The van der Waals surface area contributed by atoms with Gasteiger partial charge in [0.1, 0.15) is 11.3 Å². The average Bonchev–Trinajstić information content (AvgIpc) is 3.35. The number of hydrogen-bond acceptors (Lipinski definition) is 4. The molecule has 5 rings (SSSR count). The quantitative estimate of drug-likeness (QED) is 0.250. The molecule has 2 aromatic carbocycles. The molecule has 0 unspecified atom stereocenters. The number of ether oxygens (including phenoxy) is 1. The van der Waals surface area contributed by atoms with E-state index in [-0.39, 0.29) is 11.6 Å². The van der Waals surface area contributed by atoms with Crippen molar-refractivity contribution in [1.82, 2.24) is 20.5 Å². The van der Waals surface area contributed by atoms with Crippen LogP contribution in [0.1, 0.15) is 48.1 Å². The zero-order valence-corrected chi connectivity index (χ0v) is 22.7. The zero-order chi connectivity index (χ0) is 28.1. The lowest BCUT2D eigenvalue weighted by Crippen LogP contribution is -2.41. The Balaban J connectivity index is 1.62. The van der Waals surface area contributed by atoms with Crippen molar-refractivity contribution in [3.63, 3.8) is 0 Å². The number of aromatic nitrogens is 3. The van der Waals surface area contributed by atoms with Gasteiger partial charge in [-0.25, -0.2) is 4.98 Å². The smallest absolute Gasteiger partial charge is 0.435 e. The van der Waals surface area contributed by atoms with E-state index in [0.717, 1.165) is 5.56 Å². The largest absolute Gasteiger partial charge is 0.471 e. The topological polar surface area (TPSA) is 79.9 Å². The summed E-state index contributed by atoms with van der Waals surface area (Å²) in [5.74, 6) is -0.486. The second-order valence-corrected chi connectivity index (χ2v) is 10.9. The molecule has 0 aliphatic carbocycles. The molecule has 2 aromatic heterocycles. The van der Waals surface area contributed by atoms with Crippen molar-refractivity contribution >= 4 is 40.7 Å². The van der Waals surface area contributed by atoms with Gasteiger partial charge in [0.15, 0.2) is 5.69 Å². The molecule has 0 radical (unpaired) electrons. The Bertz CT molecular complexity index is 1570. The van der Waals surface area contributed by atoms with E-state index in [0.29, 0.717) is 49.9 Å². The van der Waals surface area contributed by atoms with Gasteiger partial charge in [-0.1, -0.05) is 46.9 Å². The second-order valence-electron chi connectivity index (χ2n) is 9.67. The van der Waals surface area contributed by atoms with Crippen LogP contribution in [0.15, 0.2) is 54.6 Å². The first-order valence-electron chi connectivity index (χ1n) is 11.7. The van der Waals surface area contributed by atoms with Crippen LogP contribution in [-0.4, -0.2) is 26.7 Å². The third kappa shape index (κ3) is 5.71. The van der Waals surface area contributed by atoms with E-state index in [1.807, 2.05) is 32.0 Å². The Morgan fingerprint density at radius 1 is 1.03 bits per heavy atom. The fraction of sp³-hybridized carbons (Fsp3) is 0.222. The highest BCUT2D eigenvalue weighted by Crippen LogP contribution is 2.45. The number of fused-ring (bicyclic) bond motifs is 1. The van der Waals surface area contributed by atoms with Crippen LogP contribution < -0.4 is 10.1 Å². The predicted molar refractivity (Wildman–Crippen MR) is 143 cm³/mol.